The van der Waals surface area contributed by atoms with Crippen molar-refractivity contribution in [3.63, 3.8) is 0 Å². The minimum Gasteiger partial charge on any atom is -0.342 e. The average Bonchev–Trinajstić information content (AvgIpc) is 2.77. The number of thiophene rings is 1. The van der Waals surface area contributed by atoms with Gasteiger partial charge in [-0.15, -0.1) is 11.3 Å². The largest absolute Gasteiger partial charge is 0.342 e. The smallest absolute Gasteiger partial charge is 0.225 e. The van der Waals surface area contributed by atoms with E-state index >= 15 is 0 Å². The van der Waals surface area contributed by atoms with E-state index in [1.807, 2.05) is 30.1 Å². The van der Waals surface area contributed by atoms with Crippen molar-refractivity contribution in [3.8, 4) is 0 Å². The van der Waals surface area contributed by atoms with Gasteiger partial charge in [-0.1, -0.05) is 13.8 Å². The van der Waals surface area contributed by atoms with Crippen molar-refractivity contribution in [2.24, 2.45) is 5.92 Å². The molecule has 118 valence electrons. The van der Waals surface area contributed by atoms with Crippen molar-refractivity contribution in [2.45, 2.75) is 59.5 Å². The highest BCUT2D eigenvalue weighted by Gasteiger charge is 2.25. The molecule has 1 aliphatic rings. The molecule has 0 saturated carbocycles. The molecule has 0 aliphatic carbocycles. The van der Waals surface area contributed by atoms with Gasteiger partial charge in [0.1, 0.15) is 0 Å². The van der Waals surface area contributed by atoms with Crippen LogP contribution in [-0.2, 0) is 4.79 Å². The van der Waals surface area contributed by atoms with Crippen molar-refractivity contribution in [3.05, 3.63) is 21.4 Å². The van der Waals surface area contributed by atoms with E-state index < -0.39 is 0 Å². The number of piperidine rings is 1. The SMILES string of the molecule is Cc1cc(C(C)NC2CCN(C(=O)C(C)C)CC2)c(C)s1. The summed E-state index contributed by atoms with van der Waals surface area (Å²) in [5, 5.41) is 3.75. The minimum absolute atomic E-state index is 0.116. The third-order valence-electron chi connectivity index (χ3n) is 4.33. The molecule has 0 aromatic carbocycles. The van der Waals surface area contributed by atoms with Crippen LogP contribution in [-0.4, -0.2) is 29.9 Å². The van der Waals surface area contributed by atoms with Crippen molar-refractivity contribution in [1.29, 1.82) is 0 Å². The molecule has 3 nitrogen and oxygen atoms in total. The normalized spacial score (nSPS) is 18.3. The molecule has 1 unspecified atom stereocenters. The zero-order valence-electron chi connectivity index (χ0n) is 13.9. The number of rotatable bonds is 4. The van der Waals surface area contributed by atoms with E-state index in [1.54, 1.807) is 0 Å². The zero-order valence-corrected chi connectivity index (χ0v) is 14.7. The van der Waals surface area contributed by atoms with Gasteiger partial charge in [-0.05, 0) is 45.2 Å². The van der Waals surface area contributed by atoms with Crippen LogP contribution in [0.1, 0.15) is 55.0 Å². The number of nitrogens with one attached hydrogen (secondary N) is 1. The average molecular weight is 308 g/mol. The molecule has 1 aromatic rings. The van der Waals surface area contributed by atoms with E-state index in [9.17, 15) is 4.79 Å². The van der Waals surface area contributed by atoms with Gasteiger partial charge in [0.15, 0.2) is 0 Å². The number of hydrogen-bond acceptors (Lipinski definition) is 3. The molecule has 0 bridgehead atoms. The highest BCUT2D eigenvalue weighted by atomic mass is 32.1. The third kappa shape index (κ3) is 4.07. The Hall–Kier alpha value is -0.870. The lowest BCUT2D eigenvalue weighted by molar-refractivity contribution is -0.135. The fourth-order valence-electron chi connectivity index (χ4n) is 3.16. The van der Waals surface area contributed by atoms with E-state index in [-0.39, 0.29) is 5.92 Å². The lowest BCUT2D eigenvalue weighted by Gasteiger charge is -2.35. The van der Waals surface area contributed by atoms with Gasteiger partial charge in [-0.25, -0.2) is 0 Å². The van der Waals surface area contributed by atoms with E-state index in [0.29, 0.717) is 18.0 Å². The summed E-state index contributed by atoms with van der Waals surface area (Å²) in [5.41, 5.74) is 1.43. The van der Waals surface area contributed by atoms with Gasteiger partial charge < -0.3 is 10.2 Å². The van der Waals surface area contributed by atoms with Gasteiger partial charge in [0.25, 0.3) is 0 Å². The molecule has 1 N–H and O–H groups in total. The minimum atomic E-state index is 0.116. The highest BCUT2D eigenvalue weighted by Crippen LogP contribution is 2.27. The van der Waals surface area contributed by atoms with Gasteiger partial charge >= 0.3 is 0 Å². The van der Waals surface area contributed by atoms with Gasteiger partial charge in [-0.3, -0.25) is 4.79 Å². The molecule has 4 heteroatoms. The van der Waals surface area contributed by atoms with Gasteiger partial charge in [0.2, 0.25) is 5.91 Å². The molecule has 1 fully saturated rings. The Morgan fingerprint density at radius 3 is 2.38 bits per heavy atom. The number of carbonyl (C=O) groups excluding carboxylic acids is 1. The van der Waals surface area contributed by atoms with Crippen molar-refractivity contribution >= 4 is 17.2 Å². The molecule has 1 aromatic heterocycles. The summed E-state index contributed by atoms with van der Waals surface area (Å²) in [4.78, 5) is 16.8. The first-order valence-corrected chi connectivity index (χ1v) is 8.82. The maximum atomic E-state index is 12.0. The summed E-state index contributed by atoms with van der Waals surface area (Å²) in [7, 11) is 0. The molecule has 1 saturated heterocycles. The first-order chi connectivity index (χ1) is 9.88. The predicted octanol–water partition coefficient (Wildman–Crippen LogP) is 3.66. The van der Waals surface area contributed by atoms with Crippen LogP contribution in [0.25, 0.3) is 0 Å². The summed E-state index contributed by atoms with van der Waals surface area (Å²) in [6, 6.07) is 3.22. The van der Waals surface area contributed by atoms with Crippen LogP contribution in [0.4, 0.5) is 0 Å². The summed E-state index contributed by atoms with van der Waals surface area (Å²) >= 11 is 1.87. The van der Waals surface area contributed by atoms with E-state index in [0.717, 1.165) is 25.9 Å². The summed E-state index contributed by atoms with van der Waals surface area (Å²) in [6.07, 6.45) is 2.12. The molecule has 1 amide bonds. The van der Waals surface area contributed by atoms with Crippen molar-refractivity contribution in [2.75, 3.05) is 13.1 Å². The van der Waals surface area contributed by atoms with E-state index in [1.165, 1.54) is 15.3 Å². The summed E-state index contributed by atoms with van der Waals surface area (Å²) in [5.74, 6) is 0.413. The molecule has 2 heterocycles. The molecule has 2 rings (SSSR count). The maximum absolute atomic E-state index is 12.0. The molecular formula is C17H28N2OS. The Bertz CT molecular complexity index is 487. The second-order valence-corrected chi connectivity index (χ2v) is 7.97. The van der Waals surface area contributed by atoms with Crippen LogP contribution in [0.3, 0.4) is 0 Å². The molecule has 0 radical (unpaired) electrons. The van der Waals surface area contributed by atoms with Crippen LogP contribution >= 0.6 is 11.3 Å². The number of likely N-dealkylation sites (tertiary alicyclic amines) is 1. The topological polar surface area (TPSA) is 32.3 Å². The maximum Gasteiger partial charge on any atom is 0.225 e. The first kappa shape index (κ1) is 16.5. The Balaban J connectivity index is 1.86. The van der Waals surface area contributed by atoms with Crippen LogP contribution < -0.4 is 5.32 Å². The molecule has 0 spiro atoms. The predicted molar refractivity (Wildman–Crippen MR) is 89.8 cm³/mol. The van der Waals surface area contributed by atoms with E-state index in [2.05, 4.69) is 32.2 Å². The number of amides is 1. The van der Waals surface area contributed by atoms with Crippen LogP contribution in [0.5, 0.6) is 0 Å². The molecular weight excluding hydrogens is 280 g/mol. The summed E-state index contributed by atoms with van der Waals surface area (Å²) in [6.45, 7) is 12.4. The Morgan fingerprint density at radius 1 is 1.29 bits per heavy atom. The number of nitrogens with zero attached hydrogens (tertiary/aromatic N) is 1. The second-order valence-electron chi connectivity index (χ2n) is 6.51. The highest BCUT2D eigenvalue weighted by molar-refractivity contribution is 7.12. The first-order valence-electron chi connectivity index (χ1n) is 8.00. The second kappa shape index (κ2) is 6.93. The number of hydrogen-bond donors (Lipinski definition) is 1. The molecule has 1 aliphatic heterocycles. The lowest BCUT2D eigenvalue weighted by Crippen LogP contribution is -2.46. The van der Waals surface area contributed by atoms with Crippen molar-refractivity contribution < 1.29 is 4.79 Å². The van der Waals surface area contributed by atoms with Crippen molar-refractivity contribution in [1.82, 2.24) is 10.2 Å². The fraction of sp³-hybridized carbons (Fsp3) is 0.706. The standard InChI is InChI=1S/C17H28N2OS/c1-11(2)17(20)19-8-6-15(7-9-19)18-13(4)16-10-12(3)21-14(16)5/h10-11,13,15,18H,6-9H2,1-5H3. The van der Waals surface area contributed by atoms with E-state index in [4.69, 9.17) is 0 Å². The Morgan fingerprint density at radius 2 is 1.90 bits per heavy atom. The quantitative estimate of drug-likeness (QED) is 0.920. The lowest BCUT2D eigenvalue weighted by atomic mass is 10.0. The Kier molecular flexibility index (Phi) is 5.44. The fourth-order valence-corrected chi connectivity index (χ4v) is 4.18. The zero-order chi connectivity index (χ0) is 15.6. The van der Waals surface area contributed by atoms with Gasteiger partial charge in [0, 0.05) is 40.8 Å². The van der Waals surface area contributed by atoms with Crippen LogP contribution in [0.2, 0.25) is 0 Å². The van der Waals surface area contributed by atoms with Gasteiger partial charge in [0.05, 0.1) is 0 Å². The third-order valence-corrected chi connectivity index (χ3v) is 5.31. The number of aryl methyl sites for hydroxylation is 2. The van der Waals surface area contributed by atoms with Crippen LogP contribution in [0.15, 0.2) is 6.07 Å². The van der Waals surface area contributed by atoms with Gasteiger partial charge in [-0.2, -0.15) is 0 Å². The van der Waals surface area contributed by atoms with Crippen LogP contribution in [0, 0.1) is 19.8 Å². The molecule has 21 heavy (non-hydrogen) atoms. The molecule has 1 atom stereocenters. The number of carbonyl (C=O) groups is 1. The summed E-state index contributed by atoms with van der Waals surface area (Å²) < 4.78 is 0. The monoisotopic (exact) mass is 308 g/mol. The Labute approximate surface area is 132 Å².